The first kappa shape index (κ1) is 16.5. The highest BCUT2D eigenvalue weighted by Gasteiger charge is 2.23. The predicted octanol–water partition coefficient (Wildman–Crippen LogP) is 3.86. The standard InChI is InChI=1S/C17H12BrClN2O3/c18-12-3-6-15(24-9-10-1-4-13(19)5-2-10)11(7-12)8-14-16(22)21-17(23)20-14/h1-8H,9H2,(H2,20,21,22,23)/b14-8+. The molecule has 0 aromatic heterocycles. The van der Waals surface area contributed by atoms with E-state index in [1.165, 1.54) is 0 Å². The van der Waals surface area contributed by atoms with E-state index in [9.17, 15) is 9.59 Å². The number of nitrogens with one attached hydrogen (secondary N) is 2. The summed E-state index contributed by atoms with van der Waals surface area (Å²) in [6, 6.07) is 12.3. The largest absolute Gasteiger partial charge is 0.488 e. The highest BCUT2D eigenvalue weighted by Crippen LogP contribution is 2.26. The predicted molar refractivity (Wildman–Crippen MR) is 94.6 cm³/mol. The molecule has 1 heterocycles. The van der Waals surface area contributed by atoms with E-state index in [1.54, 1.807) is 24.3 Å². The van der Waals surface area contributed by atoms with E-state index in [0.29, 0.717) is 22.9 Å². The van der Waals surface area contributed by atoms with Crippen molar-refractivity contribution >= 4 is 45.5 Å². The van der Waals surface area contributed by atoms with Gasteiger partial charge < -0.3 is 10.1 Å². The fourth-order valence-corrected chi connectivity index (χ4v) is 2.65. The van der Waals surface area contributed by atoms with Gasteiger partial charge in [0.1, 0.15) is 18.1 Å². The molecule has 1 saturated heterocycles. The molecular weight excluding hydrogens is 396 g/mol. The van der Waals surface area contributed by atoms with Crippen LogP contribution in [0, 0.1) is 0 Å². The van der Waals surface area contributed by atoms with Gasteiger partial charge in [0.2, 0.25) is 0 Å². The fourth-order valence-electron chi connectivity index (χ4n) is 2.14. The molecule has 1 aliphatic heterocycles. The number of halogens is 2. The van der Waals surface area contributed by atoms with Crippen molar-refractivity contribution in [3.8, 4) is 5.75 Å². The van der Waals surface area contributed by atoms with Gasteiger partial charge in [0.05, 0.1) is 0 Å². The number of hydrogen-bond donors (Lipinski definition) is 2. The molecule has 2 aromatic carbocycles. The van der Waals surface area contributed by atoms with Crippen molar-refractivity contribution in [3.05, 3.63) is 68.8 Å². The Balaban J connectivity index is 1.83. The van der Waals surface area contributed by atoms with Gasteiger partial charge in [0.25, 0.3) is 5.91 Å². The minimum Gasteiger partial charge on any atom is -0.488 e. The molecule has 0 radical (unpaired) electrons. The van der Waals surface area contributed by atoms with Crippen molar-refractivity contribution in [1.82, 2.24) is 10.6 Å². The maximum Gasteiger partial charge on any atom is 0.326 e. The first-order valence-electron chi connectivity index (χ1n) is 7.02. The third kappa shape index (κ3) is 3.96. The number of amides is 3. The Hall–Kier alpha value is -2.31. The molecule has 3 rings (SSSR count). The van der Waals surface area contributed by atoms with Gasteiger partial charge in [-0.2, -0.15) is 0 Å². The third-order valence-electron chi connectivity index (χ3n) is 3.30. The molecule has 0 atom stereocenters. The Kier molecular flexibility index (Phi) is 4.87. The summed E-state index contributed by atoms with van der Waals surface area (Å²) >= 11 is 9.26. The molecule has 0 spiro atoms. The maximum atomic E-state index is 11.7. The van der Waals surface area contributed by atoms with Crippen LogP contribution in [0.5, 0.6) is 5.75 Å². The van der Waals surface area contributed by atoms with E-state index in [2.05, 4.69) is 26.6 Å². The molecule has 3 amide bonds. The summed E-state index contributed by atoms with van der Waals surface area (Å²) in [5, 5.41) is 5.28. The van der Waals surface area contributed by atoms with E-state index in [-0.39, 0.29) is 5.70 Å². The lowest BCUT2D eigenvalue weighted by Gasteiger charge is -2.10. The molecule has 0 saturated carbocycles. The van der Waals surface area contributed by atoms with Crippen LogP contribution in [-0.4, -0.2) is 11.9 Å². The van der Waals surface area contributed by atoms with Crippen molar-refractivity contribution < 1.29 is 14.3 Å². The molecule has 2 N–H and O–H groups in total. The number of carbonyl (C=O) groups is 2. The fraction of sp³-hybridized carbons (Fsp3) is 0.0588. The normalized spacial score (nSPS) is 15.3. The third-order valence-corrected chi connectivity index (χ3v) is 4.04. The molecule has 7 heteroatoms. The maximum absolute atomic E-state index is 11.7. The number of rotatable bonds is 4. The summed E-state index contributed by atoms with van der Waals surface area (Å²) in [6.07, 6.45) is 1.57. The summed E-state index contributed by atoms with van der Waals surface area (Å²) in [4.78, 5) is 22.9. The average molecular weight is 408 g/mol. The van der Waals surface area contributed by atoms with Crippen LogP contribution in [0.25, 0.3) is 6.08 Å². The minimum atomic E-state index is -0.537. The lowest BCUT2D eigenvalue weighted by Crippen LogP contribution is -2.22. The molecule has 24 heavy (non-hydrogen) atoms. The van der Waals surface area contributed by atoms with Crippen LogP contribution in [-0.2, 0) is 11.4 Å². The summed E-state index contributed by atoms with van der Waals surface area (Å²) in [6.45, 7) is 0.355. The molecule has 1 aliphatic rings. The second-order valence-electron chi connectivity index (χ2n) is 5.06. The molecular formula is C17H12BrClN2O3. The molecule has 0 aliphatic carbocycles. The van der Waals surface area contributed by atoms with Gasteiger partial charge in [-0.05, 0) is 42.0 Å². The van der Waals surface area contributed by atoms with Crippen LogP contribution >= 0.6 is 27.5 Å². The van der Waals surface area contributed by atoms with E-state index in [4.69, 9.17) is 16.3 Å². The smallest absolute Gasteiger partial charge is 0.326 e. The molecule has 0 bridgehead atoms. The second kappa shape index (κ2) is 7.07. The van der Waals surface area contributed by atoms with Gasteiger partial charge in [-0.25, -0.2) is 4.79 Å². The van der Waals surface area contributed by atoms with Gasteiger partial charge >= 0.3 is 6.03 Å². The zero-order valence-corrected chi connectivity index (χ0v) is 14.6. The van der Waals surface area contributed by atoms with E-state index in [0.717, 1.165) is 10.0 Å². The lowest BCUT2D eigenvalue weighted by atomic mass is 10.1. The Labute approximate surface area is 151 Å². The highest BCUT2D eigenvalue weighted by atomic mass is 79.9. The summed E-state index contributed by atoms with van der Waals surface area (Å²) in [7, 11) is 0. The van der Waals surface area contributed by atoms with Gasteiger partial charge in [0, 0.05) is 15.1 Å². The zero-order chi connectivity index (χ0) is 17.1. The van der Waals surface area contributed by atoms with Crippen LogP contribution < -0.4 is 15.4 Å². The summed E-state index contributed by atoms with van der Waals surface area (Å²) < 4.78 is 6.67. The minimum absolute atomic E-state index is 0.175. The quantitative estimate of drug-likeness (QED) is 0.597. The highest BCUT2D eigenvalue weighted by molar-refractivity contribution is 9.10. The molecule has 2 aromatic rings. The Morgan fingerprint density at radius 3 is 2.50 bits per heavy atom. The first-order chi connectivity index (χ1) is 11.5. The van der Waals surface area contributed by atoms with Crippen LogP contribution in [0.15, 0.2) is 52.6 Å². The summed E-state index contributed by atoms with van der Waals surface area (Å²) in [5.74, 6) is 0.123. The van der Waals surface area contributed by atoms with E-state index in [1.807, 2.05) is 24.3 Å². The van der Waals surface area contributed by atoms with Crippen LogP contribution in [0.2, 0.25) is 5.02 Å². The molecule has 122 valence electrons. The number of imide groups is 1. The van der Waals surface area contributed by atoms with Crippen molar-refractivity contribution in [3.63, 3.8) is 0 Å². The monoisotopic (exact) mass is 406 g/mol. The first-order valence-corrected chi connectivity index (χ1v) is 8.19. The van der Waals surface area contributed by atoms with Crippen molar-refractivity contribution in [1.29, 1.82) is 0 Å². The number of hydrogen-bond acceptors (Lipinski definition) is 3. The van der Waals surface area contributed by atoms with Crippen LogP contribution in [0.1, 0.15) is 11.1 Å². The Bertz CT molecular complexity index is 834. The number of carbonyl (C=O) groups excluding carboxylic acids is 2. The Morgan fingerprint density at radius 2 is 1.83 bits per heavy atom. The van der Waals surface area contributed by atoms with E-state index >= 15 is 0 Å². The second-order valence-corrected chi connectivity index (χ2v) is 6.42. The van der Waals surface area contributed by atoms with Crippen LogP contribution in [0.3, 0.4) is 0 Å². The van der Waals surface area contributed by atoms with Crippen molar-refractivity contribution in [2.24, 2.45) is 0 Å². The van der Waals surface area contributed by atoms with Crippen LogP contribution in [0.4, 0.5) is 4.79 Å². The number of urea groups is 1. The molecule has 5 nitrogen and oxygen atoms in total. The SMILES string of the molecule is O=C1NC(=O)/C(=C\c2cc(Br)ccc2OCc2ccc(Cl)cc2)N1. The number of ether oxygens (including phenoxy) is 1. The lowest BCUT2D eigenvalue weighted by molar-refractivity contribution is -0.115. The summed E-state index contributed by atoms with van der Waals surface area (Å²) in [5.41, 5.74) is 1.81. The topological polar surface area (TPSA) is 67.4 Å². The van der Waals surface area contributed by atoms with Gasteiger partial charge in [-0.3, -0.25) is 10.1 Å². The molecule has 0 unspecified atom stereocenters. The van der Waals surface area contributed by atoms with Crippen molar-refractivity contribution in [2.75, 3.05) is 0 Å². The zero-order valence-electron chi connectivity index (χ0n) is 12.3. The van der Waals surface area contributed by atoms with Crippen molar-refractivity contribution in [2.45, 2.75) is 6.61 Å². The Morgan fingerprint density at radius 1 is 1.08 bits per heavy atom. The molecule has 1 fully saturated rings. The van der Waals surface area contributed by atoms with Gasteiger partial charge in [0.15, 0.2) is 0 Å². The number of benzene rings is 2. The average Bonchev–Trinajstić information content (AvgIpc) is 2.86. The van der Waals surface area contributed by atoms with Gasteiger partial charge in [-0.1, -0.05) is 39.7 Å². The van der Waals surface area contributed by atoms with Gasteiger partial charge in [-0.15, -0.1) is 0 Å². The van der Waals surface area contributed by atoms with E-state index < -0.39 is 11.9 Å².